The van der Waals surface area contributed by atoms with Crippen LogP contribution in [0.3, 0.4) is 0 Å². The lowest BCUT2D eigenvalue weighted by Crippen LogP contribution is -2.46. The minimum absolute atomic E-state index is 0.0269. The quantitative estimate of drug-likeness (QED) is 0.300. The van der Waals surface area contributed by atoms with Gasteiger partial charge in [-0.2, -0.15) is 0 Å². The summed E-state index contributed by atoms with van der Waals surface area (Å²) in [7, 11) is 0. The lowest BCUT2D eigenvalue weighted by molar-refractivity contribution is -0.139. The van der Waals surface area contributed by atoms with Gasteiger partial charge in [0.25, 0.3) is 0 Å². The maximum Gasteiger partial charge on any atom is 0.247 e. The molecule has 2 aromatic carbocycles. The van der Waals surface area contributed by atoms with Crippen molar-refractivity contribution in [3.63, 3.8) is 0 Å². The first kappa shape index (κ1) is 25.5. The molecule has 1 aliphatic heterocycles. The lowest BCUT2D eigenvalue weighted by Gasteiger charge is -2.38. The molecule has 0 spiro atoms. The molecule has 0 N–H and O–H groups in total. The van der Waals surface area contributed by atoms with Crippen LogP contribution in [0.1, 0.15) is 47.4 Å². The fraction of sp³-hybridized carbons (Fsp3) is 0.286. The molecule has 0 unspecified atom stereocenters. The van der Waals surface area contributed by atoms with Crippen LogP contribution >= 0.6 is 34.5 Å². The summed E-state index contributed by atoms with van der Waals surface area (Å²) in [6.45, 7) is 3.21. The highest BCUT2D eigenvalue weighted by molar-refractivity contribution is 7.10. The van der Waals surface area contributed by atoms with E-state index in [2.05, 4.69) is 18.4 Å². The summed E-state index contributed by atoms with van der Waals surface area (Å²) in [6.07, 6.45) is 5.90. The number of carbonyl (C=O) groups is 2. The molecule has 2 amide bonds. The van der Waals surface area contributed by atoms with Crippen LogP contribution in [-0.2, 0) is 16.0 Å². The van der Waals surface area contributed by atoms with Crippen LogP contribution < -0.4 is 0 Å². The number of carbonyl (C=O) groups excluding carboxylic acids is 2. The van der Waals surface area contributed by atoms with E-state index in [0.717, 1.165) is 36.0 Å². The van der Waals surface area contributed by atoms with Gasteiger partial charge in [-0.1, -0.05) is 72.9 Å². The second-order valence-electron chi connectivity index (χ2n) is 8.56. The van der Waals surface area contributed by atoms with Crippen molar-refractivity contribution in [2.24, 2.45) is 0 Å². The SMILES string of the molecule is CCCCN(CC(=O)N1CCc2sccc2[C@@H]1c1ccc(Cl)cc1Cl)C(=O)/C=C/c1ccccc1. The van der Waals surface area contributed by atoms with Crippen LogP contribution in [0.5, 0.6) is 0 Å². The van der Waals surface area contributed by atoms with Crippen molar-refractivity contribution in [2.45, 2.75) is 32.2 Å². The third-order valence-corrected chi connectivity index (χ3v) is 7.74. The molecule has 2 heterocycles. The Morgan fingerprint density at radius 3 is 2.66 bits per heavy atom. The van der Waals surface area contributed by atoms with Crippen LogP contribution in [0.4, 0.5) is 0 Å². The van der Waals surface area contributed by atoms with E-state index in [1.54, 1.807) is 40.5 Å². The third-order valence-electron chi connectivity index (χ3n) is 6.18. The molecular formula is C28H28Cl2N2O2S. The molecule has 7 heteroatoms. The predicted molar refractivity (Wildman–Crippen MR) is 145 cm³/mol. The van der Waals surface area contributed by atoms with Gasteiger partial charge in [0.15, 0.2) is 0 Å². The maximum atomic E-state index is 13.7. The molecule has 0 radical (unpaired) electrons. The number of halogens is 2. The van der Waals surface area contributed by atoms with E-state index in [-0.39, 0.29) is 24.4 Å². The van der Waals surface area contributed by atoms with Crippen molar-refractivity contribution < 1.29 is 9.59 Å². The molecule has 1 atom stereocenters. The van der Waals surface area contributed by atoms with Crippen molar-refractivity contribution in [2.75, 3.05) is 19.6 Å². The highest BCUT2D eigenvalue weighted by atomic mass is 35.5. The second-order valence-corrected chi connectivity index (χ2v) is 10.4. The minimum atomic E-state index is -0.301. The number of hydrogen-bond acceptors (Lipinski definition) is 3. The van der Waals surface area contributed by atoms with Crippen molar-refractivity contribution in [3.8, 4) is 0 Å². The average Bonchev–Trinajstić information content (AvgIpc) is 3.34. The zero-order valence-electron chi connectivity index (χ0n) is 19.6. The van der Waals surface area contributed by atoms with E-state index >= 15 is 0 Å². The molecule has 4 nitrogen and oxygen atoms in total. The van der Waals surface area contributed by atoms with E-state index in [1.807, 2.05) is 41.3 Å². The van der Waals surface area contributed by atoms with Crippen LogP contribution in [0, 0.1) is 0 Å². The minimum Gasteiger partial charge on any atom is -0.330 e. The van der Waals surface area contributed by atoms with Gasteiger partial charge < -0.3 is 9.80 Å². The highest BCUT2D eigenvalue weighted by Gasteiger charge is 2.34. The van der Waals surface area contributed by atoms with Gasteiger partial charge in [-0.05, 0) is 59.2 Å². The zero-order chi connectivity index (χ0) is 24.8. The van der Waals surface area contributed by atoms with E-state index < -0.39 is 0 Å². The second kappa shape index (κ2) is 11.9. The molecule has 0 bridgehead atoms. The fourth-order valence-corrected chi connectivity index (χ4v) is 5.77. The Hall–Kier alpha value is -2.60. The van der Waals surface area contributed by atoms with Gasteiger partial charge in [0, 0.05) is 34.1 Å². The first-order chi connectivity index (χ1) is 17.0. The van der Waals surface area contributed by atoms with Crippen molar-refractivity contribution >= 4 is 52.4 Å². The molecule has 0 fully saturated rings. The van der Waals surface area contributed by atoms with Gasteiger partial charge in [0.1, 0.15) is 6.54 Å². The number of nitrogens with zero attached hydrogens (tertiary/aromatic N) is 2. The highest BCUT2D eigenvalue weighted by Crippen LogP contribution is 2.41. The summed E-state index contributed by atoms with van der Waals surface area (Å²) in [6, 6.07) is 16.9. The molecule has 0 saturated carbocycles. The van der Waals surface area contributed by atoms with Gasteiger partial charge in [-0.3, -0.25) is 9.59 Å². The molecule has 3 aromatic rings. The summed E-state index contributed by atoms with van der Waals surface area (Å²) in [5, 5.41) is 3.14. The monoisotopic (exact) mass is 526 g/mol. The first-order valence-corrected chi connectivity index (χ1v) is 13.4. The number of thiophene rings is 1. The molecule has 35 heavy (non-hydrogen) atoms. The summed E-state index contributed by atoms with van der Waals surface area (Å²) in [5.41, 5.74) is 2.88. The van der Waals surface area contributed by atoms with Crippen molar-refractivity contribution in [1.29, 1.82) is 0 Å². The molecular weight excluding hydrogens is 499 g/mol. The summed E-state index contributed by atoms with van der Waals surface area (Å²) in [5.74, 6) is -0.250. The number of hydrogen-bond donors (Lipinski definition) is 0. The Morgan fingerprint density at radius 2 is 1.91 bits per heavy atom. The van der Waals surface area contributed by atoms with Gasteiger partial charge in [0.05, 0.1) is 6.04 Å². The summed E-state index contributed by atoms with van der Waals surface area (Å²) in [4.78, 5) is 31.5. The Labute approximate surface area is 220 Å². The lowest BCUT2D eigenvalue weighted by atomic mass is 9.93. The van der Waals surface area contributed by atoms with Gasteiger partial charge >= 0.3 is 0 Å². The van der Waals surface area contributed by atoms with Crippen LogP contribution in [-0.4, -0.2) is 41.2 Å². The Bertz CT molecular complexity index is 1210. The normalized spacial score (nSPS) is 15.3. The van der Waals surface area contributed by atoms with Gasteiger partial charge in [-0.15, -0.1) is 11.3 Å². The van der Waals surface area contributed by atoms with Gasteiger partial charge in [-0.25, -0.2) is 0 Å². The Kier molecular flexibility index (Phi) is 8.66. The third kappa shape index (κ3) is 6.16. The number of amides is 2. The molecule has 1 aliphatic rings. The summed E-state index contributed by atoms with van der Waals surface area (Å²) >= 11 is 14.4. The van der Waals surface area contributed by atoms with Crippen LogP contribution in [0.2, 0.25) is 10.0 Å². The van der Waals surface area contributed by atoms with Crippen LogP contribution in [0.25, 0.3) is 6.08 Å². The first-order valence-electron chi connectivity index (χ1n) is 11.8. The van der Waals surface area contributed by atoms with E-state index in [4.69, 9.17) is 23.2 Å². The number of unbranched alkanes of at least 4 members (excludes halogenated alkanes) is 1. The van der Waals surface area contributed by atoms with E-state index in [0.29, 0.717) is 23.1 Å². The topological polar surface area (TPSA) is 40.6 Å². The van der Waals surface area contributed by atoms with Gasteiger partial charge in [0.2, 0.25) is 11.8 Å². The van der Waals surface area contributed by atoms with Crippen LogP contribution in [0.15, 0.2) is 66.1 Å². The molecule has 0 saturated heterocycles. The molecule has 1 aromatic heterocycles. The molecule has 182 valence electrons. The predicted octanol–water partition coefficient (Wildman–Crippen LogP) is 6.87. The zero-order valence-corrected chi connectivity index (χ0v) is 22.0. The van der Waals surface area contributed by atoms with E-state index in [1.165, 1.54) is 4.88 Å². The van der Waals surface area contributed by atoms with E-state index in [9.17, 15) is 9.59 Å². The fourth-order valence-electron chi connectivity index (χ4n) is 4.35. The summed E-state index contributed by atoms with van der Waals surface area (Å²) < 4.78 is 0. The number of benzene rings is 2. The molecule has 4 rings (SSSR count). The Balaban J connectivity index is 1.58. The van der Waals surface area contributed by atoms with Crippen molar-refractivity contribution in [1.82, 2.24) is 9.80 Å². The largest absolute Gasteiger partial charge is 0.330 e. The standard InChI is InChI=1S/C28H28Cl2N2O2S/c1-2-3-15-31(26(33)12-9-20-7-5-4-6-8-20)19-27(34)32-16-13-25-23(14-17-35-25)28(32)22-11-10-21(29)18-24(22)30/h4-12,14,17-18,28H,2-3,13,15-16,19H2,1H3/b12-9+/t28-/m0/s1. The maximum absolute atomic E-state index is 13.7. The average molecular weight is 528 g/mol. The molecule has 0 aliphatic carbocycles. The Morgan fingerprint density at radius 1 is 1.11 bits per heavy atom. The smallest absolute Gasteiger partial charge is 0.247 e. The number of rotatable bonds is 8. The number of fused-ring (bicyclic) bond motifs is 1. The van der Waals surface area contributed by atoms with Crippen molar-refractivity contribution in [3.05, 3.63) is 97.7 Å².